The summed E-state index contributed by atoms with van der Waals surface area (Å²) in [4.78, 5) is 37.8. The van der Waals surface area contributed by atoms with Crippen LogP contribution in [-0.4, -0.2) is 89.8 Å². The van der Waals surface area contributed by atoms with Crippen molar-refractivity contribution >= 4 is 18.0 Å². The van der Waals surface area contributed by atoms with Crippen LogP contribution in [0, 0.1) is 5.92 Å². The van der Waals surface area contributed by atoms with Gasteiger partial charge in [-0.05, 0) is 64.9 Å². The van der Waals surface area contributed by atoms with Gasteiger partial charge < -0.3 is 34.3 Å². The predicted octanol–water partition coefficient (Wildman–Crippen LogP) is 4.54. The molecule has 10 heteroatoms. The van der Waals surface area contributed by atoms with Crippen LogP contribution in [0.1, 0.15) is 79.1 Å². The highest BCUT2D eigenvalue weighted by Gasteiger charge is 2.51. The molecular formula is C32H48N2O8. The molecule has 4 rings (SSSR count). The van der Waals surface area contributed by atoms with Crippen LogP contribution in [0.5, 0.6) is 0 Å². The predicted molar refractivity (Wildman–Crippen MR) is 157 cm³/mol. The van der Waals surface area contributed by atoms with Gasteiger partial charge in [0.2, 0.25) is 5.91 Å². The van der Waals surface area contributed by atoms with E-state index in [1.807, 2.05) is 26.0 Å². The summed E-state index contributed by atoms with van der Waals surface area (Å²) in [6.45, 7) is 10.0. The van der Waals surface area contributed by atoms with Gasteiger partial charge in [-0.15, -0.1) is 0 Å². The third-order valence-corrected chi connectivity index (χ3v) is 8.70. The number of epoxide rings is 1. The number of carbonyl (C=O) groups is 3. The first-order valence-corrected chi connectivity index (χ1v) is 15.5. The molecule has 4 fully saturated rings. The van der Waals surface area contributed by atoms with E-state index in [0.29, 0.717) is 13.0 Å². The normalized spacial score (nSPS) is 34.5. The second-order valence-electron chi connectivity index (χ2n) is 12.5. The van der Waals surface area contributed by atoms with Crippen molar-refractivity contribution in [3.05, 3.63) is 36.0 Å². The minimum Gasteiger partial charge on any atom is -0.481 e. The standard InChI is InChI=1S/C32H48N2O8/c1-21(8-11-25-18-32(20-39-32)19-26(42-25)17-30(36)37)9-12-28-22(2)16-27(24(4)41-28)33-29(35)13-10-23(3)40-31(38)34-14-6-5-7-15-34/h8-11,13,22-28H,5-7,12,14-20H2,1-4H3,(H,33,35)(H,36,37)/b11-8+,13-10-,21-9+/t22-,23-,24+,25+,26+,27+,28-,32+/m0/s1. The van der Waals surface area contributed by atoms with Crippen molar-refractivity contribution in [1.82, 2.24) is 10.2 Å². The van der Waals surface area contributed by atoms with Crippen LogP contribution in [0.25, 0.3) is 0 Å². The molecule has 2 amide bonds. The summed E-state index contributed by atoms with van der Waals surface area (Å²) in [5, 5.41) is 12.2. The molecule has 4 aliphatic rings. The summed E-state index contributed by atoms with van der Waals surface area (Å²) in [5.74, 6) is -0.832. The number of aliphatic carboxylic acids is 1. The number of allylic oxidation sites excluding steroid dienone is 2. The Morgan fingerprint density at radius 2 is 1.86 bits per heavy atom. The second-order valence-corrected chi connectivity index (χ2v) is 12.5. The minimum atomic E-state index is -0.855. The van der Waals surface area contributed by atoms with E-state index >= 15 is 0 Å². The topological polar surface area (TPSA) is 127 Å². The third kappa shape index (κ3) is 9.67. The zero-order valence-corrected chi connectivity index (χ0v) is 25.5. The SMILES string of the molecule is CC(/C=C/[C@@H]1C[C@]2(CO2)C[C@@H](CC(=O)O)O1)=C\C[C@@H]1O[C@H](C)[C@H](NC(=O)/C=C\[C@H](C)OC(=O)N2CCCCC2)C[C@@H]1C. The number of ether oxygens (including phenoxy) is 4. The fourth-order valence-corrected chi connectivity index (χ4v) is 6.12. The van der Waals surface area contributed by atoms with Gasteiger partial charge >= 0.3 is 12.1 Å². The molecule has 0 unspecified atom stereocenters. The number of carbonyl (C=O) groups excluding carboxylic acids is 2. The Morgan fingerprint density at radius 3 is 2.55 bits per heavy atom. The third-order valence-electron chi connectivity index (χ3n) is 8.70. The number of piperidine rings is 1. The highest BCUT2D eigenvalue weighted by atomic mass is 16.6. The molecule has 42 heavy (non-hydrogen) atoms. The van der Waals surface area contributed by atoms with Crippen LogP contribution >= 0.6 is 0 Å². The summed E-state index contributed by atoms with van der Waals surface area (Å²) < 4.78 is 23.4. The molecule has 4 aliphatic heterocycles. The molecule has 0 bridgehead atoms. The van der Waals surface area contributed by atoms with Gasteiger partial charge in [0.15, 0.2) is 0 Å². The number of amides is 2. The number of nitrogens with zero attached hydrogens (tertiary/aromatic N) is 1. The van der Waals surface area contributed by atoms with Gasteiger partial charge in [-0.1, -0.05) is 30.7 Å². The summed E-state index contributed by atoms with van der Waals surface area (Å²) in [5.41, 5.74) is 0.871. The van der Waals surface area contributed by atoms with Gasteiger partial charge in [0.25, 0.3) is 0 Å². The van der Waals surface area contributed by atoms with Gasteiger partial charge in [0.05, 0.1) is 49.1 Å². The fourth-order valence-electron chi connectivity index (χ4n) is 6.12. The van der Waals surface area contributed by atoms with E-state index in [1.54, 1.807) is 17.9 Å². The van der Waals surface area contributed by atoms with Gasteiger partial charge in [-0.2, -0.15) is 0 Å². The summed E-state index contributed by atoms with van der Waals surface area (Å²) >= 11 is 0. The number of likely N-dealkylation sites (tertiary alicyclic amines) is 1. The largest absolute Gasteiger partial charge is 0.481 e. The molecular weight excluding hydrogens is 540 g/mol. The maximum atomic E-state index is 12.6. The molecule has 2 N–H and O–H groups in total. The maximum absolute atomic E-state index is 12.6. The molecule has 0 aromatic heterocycles. The first-order valence-electron chi connectivity index (χ1n) is 15.5. The second kappa shape index (κ2) is 14.7. The van der Waals surface area contributed by atoms with Crippen molar-refractivity contribution in [2.24, 2.45) is 5.92 Å². The zero-order valence-electron chi connectivity index (χ0n) is 25.5. The average Bonchev–Trinajstić information content (AvgIpc) is 3.69. The smallest absolute Gasteiger partial charge is 0.410 e. The van der Waals surface area contributed by atoms with Crippen LogP contribution in [0.2, 0.25) is 0 Å². The number of carboxylic acid groups (broad SMARTS) is 1. The Bertz CT molecular complexity index is 1050. The van der Waals surface area contributed by atoms with E-state index in [-0.39, 0.29) is 60.4 Å². The highest BCUT2D eigenvalue weighted by Crippen LogP contribution is 2.43. The molecule has 234 valence electrons. The van der Waals surface area contributed by atoms with Crippen LogP contribution in [0.3, 0.4) is 0 Å². The fraction of sp³-hybridized carbons (Fsp3) is 0.719. The van der Waals surface area contributed by atoms with Crippen LogP contribution in [0.15, 0.2) is 36.0 Å². The van der Waals surface area contributed by atoms with Crippen molar-refractivity contribution in [2.75, 3.05) is 19.7 Å². The summed E-state index contributed by atoms with van der Waals surface area (Å²) in [7, 11) is 0. The Balaban J connectivity index is 1.19. The average molecular weight is 589 g/mol. The molecule has 0 radical (unpaired) electrons. The van der Waals surface area contributed by atoms with E-state index in [0.717, 1.165) is 57.2 Å². The molecule has 1 spiro atoms. The lowest BCUT2D eigenvalue weighted by atomic mass is 9.88. The molecule has 4 heterocycles. The molecule has 0 saturated carbocycles. The summed E-state index contributed by atoms with van der Waals surface area (Å²) in [6.07, 6.45) is 13.9. The van der Waals surface area contributed by atoms with Crippen LogP contribution in [-0.2, 0) is 28.5 Å². The van der Waals surface area contributed by atoms with E-state index < -0.39 is 12.1 Å². The van der Waals surface area contributed by atoms with Crippen molar-refractivity contribution in [3.8, 4) is 0 Å². The maximum Gasteiger partial charge on any atom is 0.410 e. The van der Waals surface area contributed by atoms with Crippen molar-refractivity contribution in [1.29, 1.82) is 0 Å². The van der Waals surface area contributed by atoms with Gasteiger partial charge in [0, 0.05) is 32.0 Å². The van der Waals surface area contributed by atoms with Crippen molar-refractivity contribution < 1.29 is 38.4 Å². The first kappa shape index (κ1) is 32.2. The first-order chi connectivity index (χ1) is 20.0. The van der Waals surface area contributed by atoms with E-state index in [2.05, 4.69) is 18.3 Å². The highest BCUT2D eigenvalue weighted by molar-refractivity contribution is 5.87. The Morgan fingerprint density at radius 1 is 1.12 bits per heavy atom. The van der Waals surface area contributed by atoms with E-state index in [1.165, 1.54) is 6.08 Å². The number of nitrogens with one attached hydrogen (secondary N) is 1. The molecule has 8 atom stereocenters. The lowest BCUT2D eigenvalue weighted by Gasteiger charge is -2.39. The quantitative estimate of drug-likeness (QED) is 0.216. The lowest BCUT2D eigenvalue weighted by Crippen LogP contribution is -2.50. The molecule has 10 nitrogen and oxygen atoms in total. The summed E-state index contributed by atoms with van der Waals surface area (Å²) in [6, 6.07) is -0.108. The van der Waals surface area contributed by atoms with E-state index in [9.17, 15) is 14.4 Å². The van der Waals surface area contributed by atoms with Crippen LogP contribution in [0.4, 0.5) is 4.79 Å². The number of rotatable bonds is 10. The van der Waals surface area contributed by atoms with Crippen LogP contribution < -0.4 is 5.32 Å². The number of carboxylic acids is 1. The molecule has 0 aliphatic carbocycles. The zero-order chi connectivity index (χ0) is 30.3. The number of hydrogen-bond acceptors (Lipinski definition) is 7. The monoisotopic (exact) mass is 588 g/mol. The van der Waals surface area contributed by atoms with Crippen molar-refractivity contribution in [2.45, 2.75) is 121 Å². The Kier molecular flexibility index (Phi) is 11.3. The van der Waals surface area contributed by atoms with Crippen molar-refractivity contribution in [3.63, 3.8) is 0 Å². The van der Waals surface area contributed by atoms with Gasteiger partial charge in [0.1, 0.15) is 6.10 Å². The Labute approximate surface area is 249 Å². The Hall–Kier alpha value is -2.69. The van der Waals surface area contributed by atoms with Gasteiger partial charge in [-0.25, -0.2) is 4.79 Å². The molecule has 0 aromatic rings. The lowest BCUT2D eigenvalue weighted by molar-refractivity contribution is -0.143. The molecule has 4 saturated heterocycles. The molecule has 0 aromatic carbocycles. The van der Waals surface area contributed by atoms with E-state index in [4.69, 9.17) is 24.1 Å². The number of hydrogen-bond donors (Lipinski definition) is 2. The van der Waals surface area contributed by atoms with Gasteiger partial charge in [-0.3, -0.25) is 9.59 Å². The minimum absolute atomic E-state index is 0.00942.